The first-order chi connectivity index (χ1) is 9.98. The highest BCUT2D eigenvalue weighted by Crippen LogP contribution is 2.39. The highest BCUT2D eigenvalue weighted by molar-refractivity contribution is 7.19. The lowest BCUT2D eigenvalue weighted by atomic mass is 10.2. The quantitative estimate of drug-likeness (QED) is 0.923. The first kappa shape index (κ1) is 14.6. The molecular formula is C14H16F3N3S. The Hall–Kier alpha value is -1.37. The van der Waals surface area contributed by atoms with E-state index in [-0.39, 0.29) is 12.2 Å². The number of aryl methyl sites for hydroxylation is 3. The van der Waals surface area contributed by atoms with Crippen LogP contribution in [-0.4, -0.2) is 22.7 Å². The van der Waals surface area contributed by atoms with Gasteiger partial charge in [0.25, 0.3) is 0 Å². The van der Waals surface area contributed by atoms with Gasteiger partial charge in [-0.05, 0) is 31.7 Å². The molecule has 0 fully saturated rings. The molecule has 1 aliphatic carbocycles. The molecule has 0 spiro atoms. The van der Waals surface area contributed by atoms with E-state index >= 15 is 0 Å². The number of nitrogens with one attached hydrogen (secondary N) is 1. The fraction of sp³-hybridized carbons (Fsp3) is 0.571. The summed E-state index contributed by atoms with van der Waals surface area (Å²) in [7, 11) is 0. The number of aromatic nitrogens is 2. The van der Waals surface area contributed by atoms with Crippen molar-refractivity contribution >= 4 is 27.4 Å². The van der Waals surface area contributed by atoms with Crippen molar-refractivity contribution in [3.8, 4) is 0 Å². The van der Waals surface area contributed by atoms with Crippen LogP contribution in [0.15, 0.2) is 0 Å². The molecule has 0 saturated carbocycles. The SMILES string of the molecule is CCNc1nc(CCC(F)(F)F)nc2sc3c(c12)CCC3. The average Bonchev–Trinajstić information content (AvgIpc) is 2.95. The van der Waals surface area contributed by atoms with E-state index in [0.717, 1.165) is 29.5 Å². The van der Waals surface area contributed by atoms with Gasteiger partial charge in [0.2, 0.25) is 0 Å². The lowest BCUT2D eigenvalue weighted by Gasteiger charge is -2.09. The molecule has 7 heteroatoms. The molecule has 0 aromatic carbocycles. The molecule has 21 heavy (non-hydrogen) atoms. The fourth-order valence-corrected chi connectivity index (χ4v) is 3.98. The summed E-state index contributed by atoms with van der Waals surface area (Å²) < 4.78 is 37.1. The van der Waals surface area contributed by atoms with Crippen molar-refractivity contribution in [3.63, 3.8) is 0 Å². The van der Waals surface area contributed by atoms with Crippen molar-refractivity contribution in [3.05, 3.63) is 16.3 Å². The number of hydrogen-bond acceptors (Lipinski definition) is 4. The molecule has 0 bridgehead atoms. The summed E-state index contributed by atoms with van der Waals surface area (Å²) in [5.41, 5.74) is 1.29. The van der Waals surface area contributed by atoms with Crippen molar-refractivity contribution in [1.82, 2.24) is 9.97 Å². The van der Waals surface area contributed by atoms with Gasteiger partial charge in [-0.3, -0.25) is 0 Å². The Morgan fingerprint density at radius 3 is 2.76 bits per heavy atom. The minimum Gasteiger partial charge on any atom is -0.370 e. The molecule has 0 aliphatic heterocycles. The van der Waals surface area contributed by atoms with Crippen LogP contribution >= 0.6 is 11.3 Å². The van der Waals surface area contributed by atoms with Crippen LogP contribution in [0, 0.1) is 0 Å². The van der Waals surface area contributed by atoms with Gasteiger partial charge in [0.15, 0.2) is 0 Å². The van der Waals surface area contributed by atoms with E-state index in [9.17, 15) is 13.2 Å². The number of nitrogens with zero attached hydrogens (tertiary/aromatic N) is 2. The molecule has 3 nitrogen and oxygen atoms in total. The maximum absolute atomic E-state index is 12.4. The van der Waals surface area contributed by atoms with Gasteiger partial charge in [0, 0.05) is 17.8 Å². The Bertz CT molecular complexity index is 664. The number of hydrogen-bond donors (Lipinski definition) is 1. The van der Waals surface area contributed by atoms with Crippen molar-refractivity contribution in [2.75, 3.05) is 11.9 Å². The van der Waals surface area contributed by atoms with E-state index in [1.165, 1.54) is 10.4 Å². The third kappa shape index (κ3) is 2.97. The van der Waals surface area contributed by atoms with Crippen LogP contribution in [-0.2, 0) is 19.3 Å². The zero-order valence-corrected chi connectivity index (χ0v) is 12.5. The van der Waals surface area contributed by atoms with E-state index in [1.54, 1.807) is 11.3 Å². The largest absolute Gasteiger partial charge is 0.389 e. The first-order valence-electron chi connectivity index (χ1n) is 7.09. The Morgan fingerprint density at radius 1 is 1.24 bits per heavy atom. The van der Waals surface area contributed by atoms with Crippen LogP contribution in [0.2, 0.25) is 0 Å². The molecule has 0 atom stereocenters. The van der Waals surface area contributed by atoms with Gasteiger partial charge in [-0.15, -0.1) is 11.3 Å². The first-order valence-corrected chi connectivity index (χ1v) is 7.91. The normalized spacial score (nSPS) is 14.7. The van der Waals surface area contributed by atoms with Gasteiger partial charge in [-0.2, -0.15) is 13.2 Å². The number of thiophene rings is 1. The van der Waals surface area contributed by atoms with Crippen LogP contribution in [0.3, 0.4) is 0 Å². The van der Waals surface area contributed by atoms with Gasteiger partial charge in [-0.25, -0.2) is 9.97 Å². The van der Waals surface area contributed by atoms with Gasteiger partial charge in [0.1, 0.15) is 16.5 Å². The van der Waals surface area contributed by atoms with E-state index < -0.39 is 12.6 Å². The van der Waals surface area contributed by atoms with Gasteiger partial charge >= 0.3 is 6.18 Å². The van der Waals surface area contributed by atoms with Crippen molar-refractivity contribution < 1.29 is 13.2 Å². The standard InChI is InChI=1S/C14H16F3N3S/c1-2-18-12-11-8-4-3-5-9(8)21-13(11)20-10(19-12)6-7-14(15,16)17/h2-7H2,1H3,(H,18,19,20). The average molecular weight is 315 g/mol. The molecule has 1 N–H and O–H groups in total. The molecule has 3 rings (SSSR count). The minimum absolute atomic E-state index is 0.166. The summed E-state index contributed by atoms with van der Waals surface area (Å²) in [6.45, 7) is 2.64. The lowest BCUT2D eigenvalue weighted by molar-refractivity contribution is -0.134. The maximum Gasteiger partial charge on any atom is 0.389 e. The zero-order valence-electron chi connectivity index (χ0n) is 11.7. The third-order valence-corrected chi connectivity index (χ3v) is 4.77. The summed E-state index contributed by atoms with van der Waals surface area (Å²) in [6.07, 6.45) is -2.03. The number of anilines is 1. The number of alkyl halides is 3. The molecular weight excluding hydrogens is 299 g/mol. The Labute approximate surface area is 124 Å². The van der Waals surface area contributed by atoms with Crippen LogP contribution in [0.5, 0.6) is 0 Å². The maximum atomic E-state index is 12.4. The second-order valence-corrected chi connectivity index (χ2v) is 6.26. The smallest absolute Gasteiger partial charge is 0.370 e. The van der Waals surface area contributed by atoms with Crippen molar-refractivity contribution in [1.29, 1.82) is 0 Å². The van der Waals surface area contributed by atoms with Crippen LogP contribution < -0.4 is 5.32 Å². The number of rotatable bonds is 4. The van der Waals surface area contributed by atoms with E-state index in [2.05, 4.69) is 15.3 Å². The highest BCUT2D eigenvalue weighted by atomic mass is 32.1. The van der Waals surface area contributed by atoms with Gasteiger partial charge in [-0.1, -0.05) is 0 Å². The zero-order chi connectivity index (χ0) is 15.0. The summed E-state index contributed by atoms with van der Waals surface area (Å²) >= 11 is 1.60. The molecule has 2 aromatic rings. The number of halogens is 3. The lowest BCUT2D eigenvalue weighted by Crippen LogP contribution is -2.11. The monoisotopic (exact) mass is 315 g/mol. The molecule has 114 valence electrons. The Morgan fingerprint density at radius 2 is 2.05 bits per heavy atom. The van der Waals surface area contributed by atoms with E-state index in [1.807, 2.05) is 6.92 Å². The van der Waals surface area contributed by atoms with Crippen molar-refractivity contribution in [2.24, 2.45) is 0 Å². The van der Waals surface area contributed by atoms with E-state index in [4.69, 9.17) is 0 Å². The fourth-order valence-electron chi connectivity index (χ4n) is 2.70. The third-order valence-electron chi connectivity index (χ3n) is 3.59. The van der Waals surface area contributed by atoms with Gasteiger partial charge in [0.05, 0.1) is 11.8 Å². The Kier molecular flexibility index (Phi) is 3.77. The minimum atomic E-state index is -4.17. The molecule has 0 saturated heterocycles. The summed E-state index contributed by atoms with van der Waals surface area (Å²) in [6, 6.07) is 0. The summed E-state index contributed by atoms with van der Waals surface area (Å²) in [5, 5.41) is 4.20. The molecule has 0 unspecified atom stereocenters. The highest BCUT2D eigenvalue weighted by Gasteiger charge is 2.28. The Balaban J connectivity index is 2.00. The second-order valence-electron chi connectivity index (χ2n) is 5.17. The van der Waals surface area contributed by atoms with Crippen LogP contribution in [0.25, 0.3) is 10.2 Å². The second kappa shape index (κ2) is 5.44. The molecule has 0 amide bonds. The molecule has 2 heterocycles. The van der Waals surface area contributed by atoms with Crippen LogP contribution in [0.1, 0.15) is 36.0 Å². The molecule has 0 radical (unpaired) electrons. The molecule has 2 aromatic heterocycles. The number of fused-ring (bicyclic) bond motifs is 3. The summed E-state index contributed by atoms with van der Waals surface area (Å²) in [4.78, 5) is 10.8. The van der Waals surface area contributed by atoms with Gasteiger partial charge < -0.3 is 5.32 Å². The van der Waals surface area contributed by atoms with Crippen molar-refractivity contribution in [2.45, 2.75) is 45.2 Å². The summed E-state index contributed by atoms with van der Waals surface area (Å²) in [5.74, 6) is 0.967. The predicted octanol–water partition coefficient (Wildman–Crippen LogP) is 4.11. The molecule has 1 aliphatic rings. The predicted molar refractivity (Wildman–Crippen MR) is 78.0 cm³/mol. The topological polar surface area (TPSA) is 37.8 Å². The van der Waals surface area contributed by atoms with E-state index in [0.29, 0.717) is 12.4 Å². The van der Waals surface area contributed by atoms with Crippen LogP contribution in [0.4, 0.5) is 19.0 Å².